The number of amides is 5. The number of carboxylic acids is 4. The zero-order valence-corrected chi connectivity index (χ0v) is 54.1. The maximum absolute atomic E-state index is 13.7. The van der Waals surface area contributed by atoms with Crippen LogP contribution in [0.1, 0.15) is 66.6 Å². The first-order valence-electron chi connectivity index (χ1n) is 28.6. The maximum atomic E-state index is 13.7. The van der Waals surface area contributed by atoms with Gasteiger partial charge in [0.25, 0.3) is 5.91 Å². The number of carbonyl (C=O) groups excluding carboxylic acids is 5. The van der Waals surface area contributed by atoms with Crippen molar-refractivity contribution in [3.8, 4) is 5.75 Å². The molecule has 0 aliphatic carbocycles. The Morgan fingerprint density at radius 2 is 1.24 bits per heavy atom. The molecule has 5 rings (SSSR count). The van der Waals surface area contributed by atoms with Gasteiger partial charge in [0.1, 0.15) is 29.4 Å². The Morgan fingerprint density at radius 1 is 0.697 bits per heavy atom. The van der Waals surface area contributed by atoms with Crippen LogP contribution in [-0.2, 0) is 94.7 Å². The van der Waals surface area contributed by atoms with E-state index < -0.39 is 87.6 Å². The minimum atomic E-state index is -4.52. The largest absolute Gasteiger partial charge is 0.494 e. The molecule has 5 amide bonds. The number of aromatic amines is 1. The third kappa shape index (κ3) is 24.1. The fraction of sp³-hybridized carbons (Fsp3) is 0.518. The molecule has 1 saturated heterocycles. The number of H-pyrrole nitrogens is 1. The number of benzene rings is 2. The van der Waals surface area contributed by atoms with Crippen molar-refractivity contribution < 1.29 is 109 Å². The van der Waals surface area contributed by atoms with Crippen molar-refractivity contribution in [2.24, 2.45) is 7.05 Å². The monoisotopic (exact) mass is 1340 g/mol. The van der Waals surface area contributed by atoms with Crippen molar-refractivity contribution in [2.75, 3.05) is 110 Å². The normalized spacial score (nSPS) is 14.9. The van der Waals surface area contributed by atoms with E-state index in [-0.39, 0.29) is 195 Å². The molecule has 3 heterocycles. The number of nitrogens with one attached hydrogen (secondary N) is 8. The molecule has 4 aromatic rings. The van der Waals surface area contributed by atoms with Crippen LogP contribution >= 0.6 is 0 Å². The summed E-state index contributed by atoms with van der Waals surface area (Å²) in [7, 11) is -2.87. The third-order valence-corrected chi connectivity index (χ3v) is 16.0. The van der Waals surface area contributed by atoms with E-state index in [9.17, 15) is 76.8 Å². The van der Waals surface area contributed by atoms with Crippen molar-refractivity contribution in [1.29, 1.82) is 0 Å². The zero-order valence-electron chi connectivity index (χ0n) is 50.5. The second-order valence-corrected chi connectivity index (χ2v) is 22.8. The van der Waals surface area contributed by atoms with Gasteiger partial charge in [-0.3, -0.25) is 67.5 Å². The Morgan fingerprint density at radius 3 is 1.75 bits per heavy atom. The molecule has 1 aliphatic heterocycles. The zero-order chi connectivity index (χ0) is 64.7. The summed E-state index contributed by atoms with van der Waals surface area (Å²) in [6.45, 7) is 6.46. The Labute approximate surface area is 539 Å². The summed E-state index contributed by atoms with van der Waals surface area (Å²) in [5, 5.41) is 54.9. The Hall–Kier alpha value is -7.46. The SMILES string of the molecule is CCC(NC(=O)CN1CCN(CC(=O)O)CCN(CC(=O)O)CCN(CC(=O)O)CC1)C(=O)NC(CC)C(=O)NCCNC(=O)CCCOc1cc(C)c(S(=O)(=O)NC(CNC(=O)c2cn(C)c3cc(CNc4ncc[nH]4)ccc3c2=O)C(=O)O)c(C)c1.[Y]. The topological polar surface area (TPSA) is 426 Å². The number of rotatable bonds is 32. The molecule has 0 spiro atoms. The van der Waals surface area contributed by atoms with Gasteiger partial charge in [-0.15, -0.1) is 0 Å². The molecule has 1 fully saturated rings. The van der Waals surface area contributed by atoms with Crippen LogP contribution in [0.5, 0.6) is 5.75 Å². The van der Waals surface area contributed by atoms with Crippen LogP contribution in [-0.4, -0.2) is 239 Å². The minimum Gasteiger partial charge on any atom is -0.494 e. The molecule has 1 radical (unpaired) electrons. The van der Waals surface area contributed by atoms with Crippen molar-refractivity contribution >= 4 is 80.3 Å². The van der Waals surface area contributed by atoms with Crippen LogP contribution in [0.15, 0.2) is 58.6 Å². The number of aliphatic carboxylic acids is 4. The van der Waals surface area contributed by atoms with Gasteiger partial charge in [-0.1, -0.05) is 19.9 Å². The number of aryl methyl sites for hydroxylation is 3. The van der Waals surface area contributed by atoms with E-state index >= 15 is 0 Å². The van der Waals surface area contributed by atoms with Crippen molar-refractivity contribution in [3.63, 3.8) is 0 Å². The van der Waals surface area contributed by atoms with Gasteiger partial charge in [0.15, 0.2) is 5.95 Å². The van der Waals surface area contributed by atoms with E-state index in [1.807, 2.05) is 0 Å². The van der Waals surface area contributed by atoms with Crippen molar-refractivity contribution in [3.05, 3.63) is 81.4 Å². The summed E-state index contributed by atoms with van der Waals surface area (Å²) in [5.41, 5.74) is 0.901. The molecule has 1 aliphatic rings. The first-order valence-corrected chi connectivity index (χ1v) is 30.1. The molecule has 3 atom stereocenters. The summed E-state index contributed by atoms with van der Waals surface area (Å²) < 4.78 is 36.9. The van der Waals surface area contributed by atoms with Crippen molar-refractivity contribution in [1.82, 2.24) is 65.4 Å². The predicted octanol–water partition coefficient (Wildman–Crippen LogP) is -1.69. The van der Waals surface area contributed by atoms with Gasteiger partial charge in [0, 0.05) is 149 Å². The van der Waals surface area contributed by atoms with Crippen molar-refractivity contribution in [2.45, 2.75) is 82.9 Å². The summed E-state index contributed by atoms with van der Waals surface area (Å²) in [6.07, 6.45) is 5.19. The molecular weight excluding hydrogens is 1260 g/mol. The average molecular weight is 1340 g/mol. The van der Waals surface area contributed by atoms with Gasteiger partial charge < -0.3 is 66.6 Å². The molecule has 2 aromatic heterocycles. The van der Waals surface area contributed by atoms with E-state index in [0.29, 0.717) is 18.0 Å². The summed E-state index contributed by atoms with van der Waals surface area (Å²) in [5.74, 6) is -7.00. The van der Waals surface area contributed by atoms with E-state index in [0.717, 1.165) is 5.56 Å². The number of pyridine rings is 1. The molecule has 33 heteroatoms. The number of hydrogen-bond donors (Lipinski definition) is 12. The van der Waals surface area contributed by atoms with E-state index in [1.54, 1.807) is 75.7 Å². The molecule has 12 N–H and O–H groups in total. The van der Waals surface area contributed by atoms with E-state index in [2.05, 4.69) is 46.6 Å². The quantitative estimate of drug-likeness (QED) is 0.0243. The predicted molar refractivity (Wildman–Crippen MR) is 319 cm³/mol. The van der Waals surface area contributed by atoms with E-state index in [4.69, 9.17) is 4.74 Å². The number of aromatic nitrogens is 3. The fourth-order valence-electron chi connectivity index (χ4n) is 9.71. The Bertz CT molecular complexity index is 3240. The first kappa shape index (κ1) is 74.0. The number of carbonyl (C=O) groups is 9. The Balaban J connectivity index is 0.0000169. The van der Waals surface area contributed by atoms with Crippen LogP contribution in [0.3, 0.4) is 0 Å². The molecule has 2 aromatic carbocycles. The van der Waals surface area contributed by atoms with Gasteiger partial charge >= 0.3 is 23.9 Å². The summed E-state index contributed by atoms with van der Waals surface area (Å²) in [6, 6.07) is 4.08. The van der Waals surface area contributed by atoms with E-state index in [1.165, 1.54) is 32.2 Å². The summed E-state index contributed by atoms with van der Waals surface area (Å²) in [4.78, 5) is 140. The summed E-state index contributed by atoms with van der Waals surface area (Å²) >= 11 is 0. The van der Waals surface area contributed by atoms with Gasteiger partial charge in [0.05, 0.1) is 43.2 Å². The number of fused-ring (bicyclic) bond motifs is 1. The molecule has 89 heavy (non-hydrogen) atoms. The van der Waals surface area contributed by atoms with Gasteiger partial charge in [-0.05, 0) is 74.1 Å². The van der Waals surface area contributed by atoms with Crippen LogP contribution in [0, 0.1) is 13.8 Å². The van der Waals surface area contributed by atoms with Crippen LogP contribution in [0.4, 0.5) is 5.95 Å². The second kappa shape index (κ2) is 36.3. The molecule has 3 unspecified atom stereocenters. The van der Waals surface area contributed by atoms with Gasteiger partial charge in [0.2, 0.25) is 39.1 Å². The van der Waals surface area contributed by atoms with Crippen LogP contribution in [0.25, 0.3) is 10.9 Å². The molecular formula is C56H80N14O17SY. The molecule has 485 valence electrons. The number of sulfonamides is 1. The smallest absolute Gasteiger partial charge is 0.323 e. The second-order valence-electron chi connectivity index (χ2n) is 21.1. The number of nitrogens with zero attached hydrogens (tertiary/aromatic N) is 6. The minimum absolute atomic E-state index is 0. The van der Waals surface area contributed by atoms with Gasteiger partial charge in [-0.2, -0.15) is 4.72 Å². The number of anilines is 1. The number of hydrogen-bond acceptors (Lipinski definition) is 19. The Kier molecular flexibility index (Phi) is 30.2. The maximum Gasteiger partial charge on any atom is 0.323 e. The van der Waals surface area contributed by atoms with Crippen LogP contribution in [0.2, 0.25) is 0 Å². The van der Waals surface area contributed by atoms with Crippen LogP contribution < -0.4 is 46.8 Å². The molecule has 0 bridgehead atoms. The fourth-order valence-corrected chi connectivity index (χ4v) is 11.4. The third-order valence-electron chi connectivity index (χ3n) is 14.3. The van der Waals surface area contributed by atoms with Gasteiger partial charge in [-0.25, -0.2) is 13.4 Å². The number of imidazole rings is 1. The number of carboxylic acid groups (broad SMARTS) is 4. The number of ether oxygens (including phenoxy) is 1. The first-order chi connectivity index (χ1) is 41.8. The molecule has 31 nitrogen and oxygen atoms in total. The average Bonchev–Trinajstić information content (AvgIpc) is 1.42. The molecule has 0 saturated carbocycles. The standard InChI is InChI=1S/C56H80N14O17S.Y/c1-6-41(64-54(82)42(7-2)63-46(72)31-67-16-18-68(32-47(73)74)20-22-70(34-49(77)78)23-21-69(19-17-67)33-48(75)76)53(81)58-13-12-57-45(71)9-8-24-87-38-25-35(3)51(36(4)26-38)88(85,86)65-43(55(83)84)29-61-52(80)40-30-66(5)44-27-37(10-11-39(44)50(40)79)28-62-56-59-14-15-60-56;/h10-11,14-15,25-27,30,41-43,65H,6-9,12-13,16-24,28-29,31-34H2,1-5H3,(H,57,71)(H,58,81)(H,61,80)(H,63,72)(H,64,82)(H,73,74)(H,75,76)(H,77,78)(H,83,84)(H2,59,60,62);.